The summed E-state index contributed by atoms with van der Waals surface area (Å²) in [5.74, 6) is 0.866. The molecule has 0 saturated heterocycles. The molecule has 0 spiro atoms. The average molecular weight is 431 g/mol. The van der Waals surface area contributed by atoms with Gasteiger partial charge in [0, 0.05) is 5.92 Å². The molecule has 0 amide bonds. The van der Waals surface area contributed by atoms with E-state index in [1.54, 1.807) is 12.1 Å². The summed E-state index contributed by atoms with van der Waals surface area (Å²) in [6.45, 7) is 0. The molecule has 3 aromatic rings. The van der Waals surface area contributed by atoms with Crippen LogP contribution in [0.4, 0.5) is 5.13 Å². The molecular formula is C20H18N2O5S2. The lowest BCUT2D eigenvalue weighted by molar-refractivity contribution is 0.0604. The van der Waals surface area contributed by atoms with Crippen molar-refractivity contribution in [1.82, 2.24) is 4.98 Å². The SMILES string of the molecule is COC(=O)c1sc(NS(=O)(=O)c2ccc(Oc3ccccc3)cc2)nc1C1CC1. The Morgan fingerprint density at radius 3 is 2.34 bits per heavy atom. The molecule has 0 bridgehead atoms. The maximum atomic E-state index is 12.7. The predicted octanol–water partition coefficient (Wildman–Crippen LogP) is 4.40. The highest BCUT2D eigenvalue weighted by atomic mass is 32.2. The van der Waals surface area contributed by atoms with E-state index in [9.17, 15) is 13.2 Å². The Morgan fingerprint density at radius 2 is 1.72 bits per heavy atom. The van der Waals surface area contributed by atoms with E-state index < -0.39 is 16.0 Å². The second kappa shape index (κ2) is 7.84. The highest BCUT2D eigenvalue weighted by Gasteiger charge is 2.33. The van der Waals surface area contributed by atoms with Gasteiger partial charge in [0.1, 0.15) is 16.4 Å². The second-order valence-electron chi connectivity index (χ2n) is 6.49. The van der Waals surface area contributed by atoms with E-state index in [-0.39, 0.29) is 15.9 Å². The summed E-state index contributed by atoms with van der Waals surface area (Å²) in [4.78, 5) is 16.7. The Balaban J connectivity index is 1.52. The van der Waals surface area contributed by atoms with Crippen LogP contribution in [-0.2, 0) is 14.8 Å². The zero-order valence-corrected chi connectivity index (χ0v) is 17.1. The number of methoxy groups -OCH3 is 1. The number of thiazole rings is 1. The molecular weight excluding hydrogens is 412 g/mol. The normalized spacial score (nSPS) is 13.7. The van der Waals surface area contributed by atoms with Gasteiger partial charge in [-0.15, -0.1) is 0 Å². The van der Waals surface area contributed by atoms with Crippen LogP contribution in [0.2, 0.25) is 0 Å². The van der Waals surface area contributed by atoms with Gasteiger partial charge in [-0.1, -0.05) is 29.5 Å². The van der Waals surface area contributed by atoms with E-state index in [1.807, 2.05) is 30.3 Å². The van der Waals surface area contributed by atoms with Gasteiger partial charge in [0.15, 0.2) is 5.13 Å². The lowest BCUT2D eigenvalue weighted by atomic mass is 10.2. The Bertz CT molecular complexity index is 1120. The summed E-state index contributed by atoms with van der Waals surface area (Å²) in [6, 6.07) is 15.3. The number of rotatable bonds is 7. The van der Waals surface area contributed by atoms with Crippen LogP contribution in [0.15, 0.2) is 59.5 Å². The number of benzene rings is 2. The van der Waals surface area contributed by atoms with Crippen molar-refractivity contribution in [3.8, 4) is 11.5 Å². The first kappa shape index (κ1) is 19.4. The number of esters is 1. The quantitative estimate of drug-likeness (QED) is 0.558. The number of aromatic nitrogens is 1. The van der Waals surface area contributed by atoms with E-state index >= 15 is 0 Å². The molecule has 4 rings (SSSR count). The molecule has 1 saturated carbocycles. The molecule has 0 radical (unpaired) electrons. The van der Waals surface area contributed by atoms with Gasteiger partial charge in [0.25, 0.3) is 10.0 Å². The molecule has 1 N–H and O–H groups in total. The molecule has 7 nitrogen and oxygen atoms in total. The molecule has 29 heavy (non-hydrogen) atoms. The van der Waals surface area contributed by atoms with Crippen LogP contribution in [0.1, 0.15) is 34.1 Å². The zero-order valence-electron chi connectivity index (χ0n) is 15.5. The predicted molar refractivity (Wildman–Crippen MR) is 109 cm³/mol. The van der Waals surface area contributed by atoms with Gasteiger partial charge in [-0.05, 0) is 49.2 Å². The van der Waals surface area contributed by atoms with Gasteiger partial charge in [-0.2, -0.15) is 0 Å². The molecule has 1 aliphatic rings. The number of anilines is 1. The number of ether oxygens (including phenoxy) is 2. The Hall–Kier alpha value is -2.91. The monoisotopic (exact) mass is 430 g/mol. The Labute approximate surface area is 172 Å². The lowest BCUT2D eigenvalue weighted by Gasteiger charge is -2.08. The van der Waals surface area contributed by atoms with Crippen molar-refractivity contribution in [1.29, 1.82) is 0 Å². The van der Waals surface area contributed by atoms with Gasteiger partial charge >= 0.3 is 5.97 Å². The number of nitrogens with one attached hydrogen (secondary N) is 1. The van der Waals surface area contributed by atoms with Crippen LogP contribution >= 0.6 is 11.3 Å². The number of hydrogen-bond donors (Lipinski definition) is 1. The average Bonchev–Trinajstić information content (AvgIpc) is 3.49. The van der Waals surface area contributed by atoms with Crippen molar-refractivity contribution in [2.45, 2.75) is 23.7 Å². The fraction of sp³-hybridized carbons (Fsp3) is 0.200. The maximum Gasteiger partial charge on any atom is 0.350 e. The van der Waals surface area contributed by atoms with Crippen LogP contribution in [0.25, 0.3) is 0 Å². The van der Waals surface area contributed by atoms with Crippen molar-refractivity contribution < 1.29 is 22.7 Å². The van der Waals surface area contributed by atoms with Gasteiger partial charge in [-0.3, -0.25) is 4.72 Å². The molecule has 0 atom stereocenters. The largest absolute Gasteiger partial charge is 0.465 e. The van der Waals surface area contributed by atoms with Crippen molar-refractivity contribution in [2.75, 3.05) is 11.8 Å². The Kier molecular flexibility index (Phi) is 5.25. The number of hydrogen-bond acceptors (Lipinski definition) is 7. The molecule has 1 fully saturated rings. The number of carbonyl (C=O) groups excluding carboxylic acids is 1. The maximum absolute atomic E-state index is 12.7. The van der Waals surface area contributed by atoms with Crippen molar-refractivity contribution >= 4 is 32.5 Å². The standard InChI is InChI=1S/C20H18N2O5S2/c1-26-19(23)18-17(13-7-8-13)21-20(28-18)22-29(24,25)16-11-9-15(10-12-16)27-14-5-3-2-4-6-14/h2-6,9-13H,7-8H2,1H3,(H,21,22). The first-order valence-corrected chi connectivity index (χ1v) is 11.2. The minimum Gasteiger partial charge on any atom is -0.465 e. The van der Waals surface area contributed by atoms with Crippen LogP contribution < -0.4 is 9.46 Å². The van der Waals surface area contributed by atoms with Gasteiger partial charge in [0.05, 0.1) is 17.7 Å². The zero-order chi connectivity index (χ0) is 20.4. The third-order valence-corrected chi connectivity index (χ3v) is 6.77. The first-order valence-electron chi connectivity index (χ1n) is 8.91. The third kappa shape index (κ3) is 4.41. The van der Waals surface area contributed by atoms with E-state index in [2.05, 4.69) is 9.71 Å². The molecule has 0 aliphatic heterocycles. The summed E-state index contributed by atoms with van der Waals surface area (Å²) in [5, 5.41) is 0.150. The van der Waals surface area contributed by atoms with Crippen LogP contribution in [-0.4, -0.2) is 26.5 Å². The summed E-state index contributed by atoms with van der Waals surface area (Å²) in [6.07, 6.45) is 1.87. The summed E-state index contributed by atoms with van der Waals surface area (Å²) >= 11 is 0.986. The topological polar surface area (TPSA) is 94.6 Å². The number of sulfonamides is 1. The molecule has 2 aromatic carbocycles. The molecule has 9 heteroatoms. The van der Waals surface area contributed by atoms with Crippen LogP contribution in [0, 0.1) is 0 Å². The Morgan fingerprint density at radius 1 is 1.07 bits per heavy atom. The van der Waals surface area contributed by atoms with Gasteiger partial charge in [0.2, 0.25) is 0 Å². The summed E-state index contributed by atoms with van der Waals surface area (Å²) in [5.41, 5.74) is 0.603. The lowest BCUT2D eigenvalue weighted by Crippen LogP contribution is -2.12. The number of para-hydroxylation sites is 1. The van der Waals surface area contributed by atoms with E-state index in [0.29, 0.717) is 22.1 Å². The highest BCUT2D eigenvalue weighted by Crippen LogP contribution is 2.44. The molecule has 150 valence electrons. The third-order valence-electron chi connectivity index (χ3n) is 4.32. The second-order valence-corrected chi connectivity index (χ2v) is 9.17. The highest BCUT2D eigenvalue weighted by molar-refractivity contribution is 7.93. The minimum absolute atomic E-state index is 0.0701. The fourth-order valence-corrected chi connectivity index (χ4v) is 4.94. The van der Waals surface area contributed by atoms with Crippen molar-refractivity contribution in [3.63, 3.8) is 0 Å². The number of carbonyl (C=O) groups is 1. The van der Waals surface area contributed by atoms with E-state index in [1.165, 1.54) is 19.2 Å². The molecule has 0 unspecified atom stereocenters. The first-order chi connectivity index (χ1) is 14.0. The summed E-state index contributed by atoms with van der Waals surface area (Å²) in [7, 11) is -2.56. The van der Waals surface area contributed by atoms with Crippen molar-refractivity contribution in [2.24, 2.45) is 0 Å². The van der Waals surface area contributed by atoms with Crippen LogP contribution in [0.5, 0.6) is 11.5 Å². The molecule has 1 heterocycles. The van der Waals surface area contributed by atoms with Crippen LogP contribution in [0.3, 0.4) is 0 Å². The van der Waals surface area contributed by atoms with Crippen molar-refractivity contribution in [3.05, 3.63) is 65.2 Å². The molecule has 1 aromatic heterocycles. The minimum atomic E-state index is -3.85. The summed E-state index contributed by atoms with van der Waals surface area (Å²) < 4.78 is 38.4. The van der Waals surface area contributed by atoms with E-state index in [4.69, 9.17) is 9.47 Å². The smallest absolute Gasteiger partial charge is 0.350 e. The molecule has 1 aliphatic carbocycles. The number of nitrogens with zero attached hydrogens (tertiary/aromatic N) is 1. The fourth-order valence-electron chi connectivity index (χ4n) is 2.73. The van der Waals surface area contributed by atoms with E-state index in [0.717, 1.165) is 24.2 Å². The van der Waals surface area contributed by atoms with Gasteiger partial charge in [-0.25, -0.2) is 18.2 Å². The van der Waals surface area contributed by atoms with Gasteiger partial charge < -0.3 is 9.47 Å².